The minimum Gasteiger partial charge on any atom is -0.506 e. The van der Waals surface area contributed by atoms with Crippen molar-refractivity contribution in [2.45, 2.75) is 13.8 Å². The monoisotopic (exact) mass is 356 g/mol. The van der Waals surface area contributed by atoms with Crippen LogP contribution in [0.15, 0.2) is 47.1 Å². The van der Waals surface area contributed by atoms with Crippen molar-refractivity contribution >= 4 is 33.8 Å². The molecule has 0 radical (unpaired) electrons. The highest BCUT2D eigenvalue weighted by molar-refractivity contribution is 7.18. The van der Waals surface area contributed by atoms with Gasteiger partial charge in [0, 0.05) is 0 Å². The van der Waals surface area contributed by atoms with E-state index in [2.05, 4.69) is 10.6 Å². The van der Waals surface area contributed by atoms with Crippen LogP contribution in [0, 0.1) is 13.8 Å². The van der Waals surface area contributed by atoms with E-state index in [0.717, 1.165) is 22.5 Å². The van der Waals surface area contributed by atoms with Gasteiger partial charge in [-0.25, -0.2) is 0 Å². The van der Waals surface area contributed by atoms with Gasteiger partial charge >= 0.3 is 0 Å². The molecule has 0 spiro atoms. The Kier molecular flexibility index (Phi) is 4.58. The molecule has 1 aromatic carbocycles. The predicted molar refractivity (Wildman–Crippen MR) is 96.5 cm³/mol. The molecule has 0 aliphatic rings. The predicted octanol–water partition coefficient (Wildman–Crippen LogP) is 4.17. The zero-order valence-corrected chi connectivity index (χ0v) is 14.4. The molecule has 0 bridgehead atoms. The van der Waals surface area contributed by atoms with E-state index in [-0.39, 0.29) is 23.3 Å². The van der Waals surface area contributed by atoms with Gasteiger partial charge in [0.05, 0.1) is 21.8 Å². The molecule has 128 valence electrons. The highest BCUT2D eigenvalue weighted by atomic mass is 32.1. The van der Waals surface area contributed by atoms with E-state index in [0.29, 0.717) is 15.6 Å². The summed E-state index contributed by atoms with van der Waals surface area (Å²) >= 11 is 1.15. The Bertz CT molecular complexity index is 929. The zero-order valence-electron chi connectivity index (χ0n) is 13.6. The molecule has 3 aromatic rings. The lowest BCUT2D eigenvalue weighted by Gasteiger charge is -2.07. The second-order valence-electron chi connectivity index (χ2n) is 5.53. The fourth-order valence-electron chi connectivity index (χ4n) is 2.28. The lowest BCUT2D eigenvalue weighted by Crippen LogP contribution is -2.11. The van der Waals surface area contributed by atoms with Crippen molar-refractivity contribution < 1.29 is 19.1 Å². The summed E-state index contributed by atoms with van der Waals surface area (Å²) in [6.07, 6.45) is 1.42. The summed E-state index contributed by atoms with van der Waals surface area (Å²) in [4.78, 5) is 24.9. The first-order valence-electron chi connectivity index (χ1n) is 7.50. The largest absolute Gasteiger partial charge is 0.506 e. The third kappa shape index (κ3) is 3.72. The minimum atomic E-state index is -0.380. The maximum absolute atomic E-state index is 12.5. The summed E-state index contributed by atoms with van der Waals surface area (Å²) in [5.74, 6) is -0.523. The molecule has 2 amide bonds. The second-order valence-corrected chi connectivity index (χ2v) is 6.58. The Hall–Kier alpha value is -3.06. The lowest BCUT2D eigenvalue weighted by atomic mass is 10.2. The summed E-state index contributed by atoms with van der Waals surface area (Å²) < 4.78 is 5.04. The number of phenolic OH excluding ortho intramolecular Hbond substituents is 1. The van der Waals surface area contributed by atoms with Crippen LogP contribution in [0.3, 0.4) is 0 Å². The zero-order chi connectivity index (χ0) is 18.0. The average Bonchev–Trinajstić information content (AvgIpc) is 3.20. The molecule has 25 heavy (non-hydrogen) atoms. The number of carbonyl (C=O) groups is 2. The summed E-state index contributed by atoms with van der Waals surface area (Å²) in [5, 5.41) is 15.8. The Morgan fingerprint density at radius 2 is 1.88 bits per heavy atom. The molecule has 2 aromatic heterocycles. The fraction of sp³-hybridized carbons (Fsp3) is 0.111. The number of thiophene rings is 1. The molecule has 0 atom stereocenters. The molecule has 0 saturated carbocycles. The third-order valence-corrected chi connectivity index (χ3v) is 4.66. The number of benzene rings is 1. The molecule has 0 aliphatic heterocycles. The van der Waals surface area contributed by atoms with Crippen molar-refractivity contribution in [1.29, 1.82) is 0 Å². The van der Waals surface area contributed by atoms with Crippen LogP contribution >= 0.6 is 11.3 Å². The van der Waals surface area contributed by atoms with Crippen molar-refractivity contribution in [2.75, 3.05) is 10.6 Å². The first-order chi connectivity index (χ1) is 11.9. The van der Waals surface area contributed by atoms with Crippen LogP contribution in [0.5, 0.6) is 5.75 Å². The number of furan rings is 1. The topological polar surface area (TPSA) is 91.6 Å². The Morgan fingerprint density at radius 1 is 1.08 bits per heavy atom. The van der Waals surface area contributed by atoms with Gasteiger partial charge in [0.15, 0.2) is 5.76 Å². The van der Waals surface area contributed by atoms with E-state index in [1.807, 2.05) is 6.92 Å². The van der Waals surface area contributed by atoms with Crippen LogP contribution in [-0.2, 0) is 0 Å². The number of anilines is 2. The van der Waals surface area contributed by atoms with Crippen LogP contribution in [0.25, 0.3) is 0 Å². The minimum absolute atomic E-state index is 0.00825. The normalized spacial score (nSPS) is 10.5. The number of hydrogen-bond acceptors (Lipinski definition) is 5. The number of carbonyl (C=O) groups excluding carboxylic acids is 2. The van der Waals surface area contributed by atoms with Crippen molar-refractivity contribution in [1.82, 2.24) is 0 Å². The molecule has 3 rings (SSSR count). The first kappa shape index (κ1) is 16.8. The summed E-state index contributed by atoms with van der Waals surface area (Å²) in [5.41, 5.74) is 1.96. The molecule has 0 fully saturated rings. The highest BCUT2D eigenvalue weighted by Gasteiger charge is 2.17. The SMILES string of the molecule is Cc1ccc(NC(=O)c2sc(NC(=O)c3ccco3)cc2C)c(O)c1. The second kappa shape index (κ2) is 6.82. The van der Waals surface area contributed by atoms with Crippen molar-refractivity contribution in [3.8, 4) is 5.75 Å². The van der Waals surface area contributed by atoms with Crippen LogP contribution in [-0.4, -0.2) is 16.9 Å². The van der Waals surface area contributed by atoms with Gasteiger partial charge in [-0.3, -0.25) is 9.59 Å². The van der Waals surface area contributed by atoms with Gasteiger partial charge in [-0.1, -0.05) is 6.07 Å². The third-order valence-electron chi connectivity index (χ3n) is 3.51. The summed E-state index contributed by atoms with van der Waals surface area (Å²) in [6.45, 7) is 3.63. The van der Waals surface area contributed by atoms with Crippen LogP contribution in [0.1, 0.15) is 31.4 Å². The van der Waals surface area contributed by atoms with Crippen LogP contribution < -0.4 is 10.6 Å². The van der Waals surface area contributed by atoms with E-state index in [1.165, 1.54) is 6.26 Å². The van der Waals surface area contributed by atoms with Gasteiger partial charge < -0.3 is 20.2 Å². The molecule has 6 nitrogen and oxygen atoms in total. The lowest BCUT2D eigenvalue weighted by molar-refractivity contribution is 0.0995. The van der Waals surface area contributed by atoms with Gasteiger partial charge in [0.25, 0.3) is 11.8 Å². The number of nitrogens with one attached hydrogen (secondary N) is 2. The fourth-order valence-corrected chi connectivity index (χ4v) is 3.24. The molecular weight excluding hydrogens is 340 g/mol. The van der Waals surface area contributed by atoms with Gasteiger partial charge in [-0.05, 0) is 55.3 Å². The van der Waals surface area contributed by atoms with Crippen molar-refractivity contribution in [2.24, 2.45) is 0 Å². The maximum atomic E-state index is 12.5. The van der Waals surface area contributed by atoms with E-state index in [1.54, 1.807) is 43.3 Å². The number of hydrogen-bond donors (Lipinski definition) is 3. The molecule has 7 heteroatoms. The van der Waals surface area contributed by atoms with Gasteiger partial charge in [0.1, 0.15) is 5.75 Å². The Labute approximate surface area is 148 Å². The number of aromatic hydroxyl groups is 1. The Morgan fingerprint density at radius 3 is 2.56 bits per heavy atom. The summed E-state index contributed by atoms with van der Waals surface area (Å²) in [6, 6.07) is 9.92. The Balaban J connectivity index is 1.75. The van der Waals surface area contributed by atoms with E-state index >= 15 is 0 Å². The highest BCUT2D eigenvalue weighted by Crippen LogP contribution is 2.30. The standard InChI is InChI=1S/C18H16N2O4S/c1-10-5-6-12(13(21)8-10)19-18(23)16-11(2)9-15(25-16)20-17(22)14-4-3-7-24-14/h3-9,21H,1-2H3,(H,19,23)(H,20,22). The van der Waals surface area contributed by atoms with Gasteiger partial charge in [-0.15, -0.1) is 11.3 Å². The van der Waals surface area contributed by atoms with Crippen molar-refractivity contribution in [3.05, 3.63) is 64.4 Å². The first-order valence-corrected chi connectivity index (χ1v) is 8.32. The number of amides is 2. The molecule has 3 N–H and O–H groups in total. The molecule has 0 saturated heterocycles. The molecule has 2 heterocycles. The number of aryl methyl sites for hydroxylation is 2. The molecule has 0 unspecified atom stereocenters. The van der Waals surface area contributed by atoms with Crippen LogP contribution in [0.4, 0.5) is 10.7 Å². The van der Waals surface area contributed by atoms with Gasteiger partial charge in [-0.2, -0.15) is 0 Å². The number of phenols is 1. The quantitative estimate of drug-likeness (QED) is 0.612. The van der Waals surface area contributed by atoms with Crippen molar-refractivity contribution in [3.63, 3.8) is 0 Å². The van der Waals surface area contributed by atoms with Crippen LogP contribution in [0.2, 0.25) is 0 Å². The molecular formula is C18H16N2O4S. The van der Waals surface area contributed by atoms with E-state index in [9.17, 15) is 14.7 Å². The van der Waals surface area contributed by atoms with Gasteiger partial charge in [0.2, 0.25) is 0 Å². The average molecular weight is 356 g/mol. The smallest absolute Gasteiger partial charge is 0.291 e. The molecule has 0 aliphatic carbocycles. The van der Waals surface area contributed by atoms with E-state index in [4.69, 9.17) is 4.42 Å². The summed E-state index contributed by atoms with van der Waals surface area (Å²) in [7, 11) is 0. The van der Waals surface area contributed by atoms with E-state index < -0.39 is 0 Å². The number of rotatable bonds is 4. The maximum Gasteiger partial charge on any atom is 0.291 e.